The Morgan fingerprint density at radius 1 is 0.895 bits per heavy atom. The molecule has 0 radical (unpaired) electrons. The number of oxime groups is 1. The van der Waals surface area contributed by atoms with Crippen molar-refractivity contribution in [2.24, 2.45) is 5.16 Å². The van der Waals surface area contributed by atoms with Crippen LogP contribution in [-0.2, 0) is 0 Å². The van der Waals surface area contributed by atoms with E-state index in [-0.39, 0.29) is 0 Å². The molecule has 3 nitrogen and oxygen atoms in total. The molecule has 0 unspecified atom stereocenters. The summed E-state index contributed by atoms with van der Waals surface area (Å²) in [6, 6.07) is 19.3. The van der Waals surface area contributed by atoms with Crippen molar-refractivity contribution in [3.05, 3.63) is 78.0 Å². The second kappa shape index (κ2) is 4.90. The predicted octanol–water partition coefficient (Wildman–Crippen LogP) is 3.46. The molecule has 19 heavy (non-hydrogen) atoms. The molecule has 92 valence electrons. The molecule has 0 fully saturated rings. The van der Waals surface area contributed by atoms with Gasteiger partial charge in [0.25, 0.3) is 0 Å². The molecule has 1 heterocycles. The van der Waals surface area contributed by atoms with E-state index in [2.05, 4.69) is 10.1 Å². The van der Waals surface area contributed by atoms with Crippen molar-refractivity contribution in [3.63, 3.8) is 0 Å². The molecule has 0 aliphatic carbocycles. The molecule has 0 aliphatic rings. The summed E-state index contributed by atoms with van der Waals surface area (Å²) < 4.78 is 0. The molecule has 2 aromatic carbocycles. The number of aromatic nitrogens is 1. The molecular weight excluding hydrogens is 236 g/mol. The van der Waals surface area contributed by atoms with Gasteiger partial charge in [-0.05, 0) is 18.2 Å². The van der Waals surface area contributed by atoms with Gasteiger partial charge in [0.1, 0.15) is 5.71 Å². The lowest BCUT2D eigenvalue weighted by molar-refractivity contribution is 0.319. The Balaban J connectivity index is 2.12. The van der Waals surface area contributed by atoms with Gasteiger partial charge in [-0.15, -0.1) is 0 Å². The van der Waals surface area contributed by atoms with E-state index < -0.39 is 0 Å². The van der Waals surface area contributed by atoms with Crippen LogP contribution in [0.4, 0.5) is 0 Å². The summed E-state index contributed by atoms with van der Waals surface area (Å²) in [7, 11) is 0. The molecule has 0 atom stereocenters. The third-order valence-corrected chi connectivity index (χ3v) is 3.02. The molecule has 0 amide bonds. The molecule has 0 aliphatic heterocycles. The Morgan fingerprint density at radius 3 is 2.53 bits per heavy atom. The number of pyridine rings is 1. The Bertz CT molecular complexity index is 736. The van der Waals surface area contributed by atoms with Crippen LogP contribution in [0, 0.1) is 0 Å². The highest BCUT2D eigenvalue weighted by Gasteiger charge is 2.08. The maximum absolute atomic E-state index is 9.28. The zero-order valence-corrected chi connectivity index (χ0v) is 10.2. The van der Waals surface area contributed by atoms with Crippen molar-refractivity contribution in [1.29, 1.82) is 0 Å². The molecular formula is C16H12N2O. The first kappa shape index (κ1) is 11.4. The number of rotatable bonds is 2. The Morgan fingerprint density at radius 2 is 1.74 bits per heavy atom. The molecule has 3 heteroatoms. The SMILES string of the molecule is O/N=C(/c1ccccc1)c1ccc2ncccc2c1. The van der Waals surface area contributed by atoms with Crippen LogP contribution in [0.2, 0.25) is 0 Å². The van der Waals surface area contributed by atoms with Crippen LogP contribution in [0.5, 0.6) is 0 Å². The van der Waals surface area contributed by atoms with Gasteiger partial charge in [-0.3, -0.25) is 4.98 Å². The third kappa shape index (κ3) is 2.18. The van der Waals surface area contributed by atoms with Gasteiger partial charge in [0, 0.05) is 22.7 Å². The fourth-order valence-electron chi connectivity index (χ4n) is 2.10. The summed E-state index contributed by atoms with van der Waals surface area (Å²) in [5, 5.41) is 13.7. The second-order valence-corrected chi connectivity index (χ2v) is 4.23. The van der Waals surface area contributed by atoms with Crippen molar-refractivity contribution >= 4 is 16.6 Å². The van der Waals surface area contributed by atoms with Crippen LogP contribution in [0.15, 0.2) is 72.0 Å². The highest BCUT2D eigenvalue weighted by Crippen LogP contribution is 2.17. The van der Waals surface area contributed by atoms with Gasteiger partial charge in [-0.25, -0.2) is 0 Å². The lowest BCUT2D eigenvalue weighted by Gasteiger charge is -2.06. The van der Waals surface area contributed by atoms with Crippen molar-refractivity contribution in [1.82, 2.24) is 4.98 Å². The minimum absolute atomic E-state index is 0.561. The van der Waals surface area contributed by atoms with E-state index in [9.17, 15) is 5.21 Å². The molecule has 3 aromatic rings. The number of nitrogens with zero attached hydrogens (tertiary/aromatic N) is 2. The average Bonchev–Trinajstić information content (AvgIpc) is 2.49. The van der Waals surface area contributed by atoms with E-state index in [0.717, 1.165) is 22.0 Å². The van der Waals surface area contributed by atoms with Crippen LogP contribution in [0.25, 0.3) is 10.9 Å². The minimum atomic E-state index is 0.561. The third-order valence-electron chi connectivity index (χ3n) is 3.02. The highest BCUT2D eigenvalue weighted by atomic mass is 16.4. The number of benzene rings is 2. The summed E-state index contributed by atoms with van der Waals surface area (Å²) >= 11 is 0. The smallest absolute Gasteiger partial charge is 0.117 e. The summed E-state index contributed by atoms with van der Waals surface area (Å²) in [4.78, 5) is 4.28. The lowest BCUT2D eigenvalue weighted by Crippen LogP contribution is -2.03. The van der Waals surface area contributed by atoms with E-state index in [1.165, 1.54) is 0 Å². The van der Waals surface area contributed by atoms with E-state index in [1.807, 2.05) is 60.7 Å². The summed E-state index contributed by atoms with van der Waals surface area (Å²) in [6.45, 7) is 0. The van der Waals surface area contributed by atoms with Gasteiger partial charge in [-0.1, -0.05) is 47.6 Å². The van der Waals surface area contributed by atoms with Crippen molar-refractivity contribution in [2.45, 2.75) is 0 Å². The number of hydrogen-bond donors (Lipinski definition) is 1. The molecule has 3 rings (SSSR count). The second-order valence-electron chi connectivity index (χ2n) is 4.23. The summed E-state index contributed by atoms with van der Waals surface area (Å²) in [6.07, 6.45) is 1.76. The Kier molecular flexibility index (Phi) is 2.94. The Hall–Kier alpha value is -2.68. The standard InChI is InChI=1S/C16H12N2O/c19-18-16(12-5-2-1-3-6-12)14-8-9-15-13(11-14)7-4-10-17-15/h1-11,19H/b18-16-. The van der Waals surface area contributed by atoms with Gasteiger partial charge >= 0.3 is 0 Å². The van der Waals surface area contributed by atoms with E-state index in [1.54, 1.807) is 6.20 Å². The molecule has 0 bridgehead atoms. The molecule has 1 N–H and O–H groups in total. The largest absolute Gasteiger partial charge is 0.410 e. The van der Waals surface area contributed by atoms with Gasteiger partial charge < -0.3 is 5.21 Å². The first-order valence-electron chi connectivity index (χ1n) is 6.01. The maximum Gasteiger partial charge on any atom is 0.117 e. The topological polar surface area (TPSA) is 45.5 Å². The first-order chi connectivity index (χ1) is 9.38. The van der Waals surface area contributed by atoms with Crippen LogP contribution in [0.3, 0.4) is 0 Å². The van der Waals surface area contributed by atoms with E-state index in [4.69, 9.17) is 0 Å². The molecule has 0 saturated heterocycles. The zero-order chi connectivity index (χ0) is 13.1. The number of hydrogen-bond acceptors (Lipinski definition) is 3. The predicted molar refractivity (Wildman–Crippen MR) is 75.6 cm³/mol. The van der Waals surface area contributed by atoms with Crippen LogP contribution >= 0.6 is 0 Å². The molecule has 0 saturated carbocycles. The van der Waals surface area contributed by atoms with Crippen molar-refractivity contribution in [2.75, 3.05) is 0 Å². The van der Waals surface area contributed by atoms with E-state index >= 15 is 0 Å². The summed E-state index contributed by atoms with van der Waals surface area (Å²) in [5.74, 6) is 0. The van der Waals surface area contributed by atoms with Gasteiger partial charge in [0.15, 0.2) is 0 Å². The fourth-order valence-corrected chi connectivity index (χ4v) is 2.10. The van der Waals surface area contributed by atoms with Crippen molar-refractivity contribution in [3.8, 4) is 0 Å². The lowest BCUT2D eigenvalue weighted by atomic mass is 10.0. The average molecular weight is 248 g/mol. The maximum atomic E-state index is 9.28. The molecule has 1 aromatic heterocycles. The van der Waals surface area contributed by atoms with Crippen LogP contribution in [-0.4, -0.2) is 15.9 Å². The van der Waals surface area contributed by atoms with Crippen LogP contribution < -0.4 is 0 Å². The van der Waals surface area contributed by atoms with Crippen LogP contribution in [0.1, 0.15) is 11.1 Å². The Labute approximate surface area is 110 Å². The quantitative estimate of drug-likeness (QED) is 0.429. The zero-order valence-electron chi connectivity index (χ0n) is 10.2. The van der Waals surface area contributed by atoms with Crippen molar-refractivity contribution < 1.29 is 5.21 Å². The fraction of sp³-hybridized carbons (Fsp3) is 0. The number of fused-ring (bicyclic) bond motifs is 1. The van der Waals surface area contributed by atoms with E-state index in [0.29, 0.717) is 5.71 Å². The first-order valence-corrected chi connectivity index (χ1v) is 6.01. The van der Waals surface area contributed by atoms with Gasteiger partial charge in [0.2, 0.25) is 0 Å². The highest BCUT2D eigenvalue weighted by molar-refractivity contribution is 6.13. The normalized spacial score (nSPS) is 11.7. The monoisotopic (exact) mass is 248 g/mol. The van der Waals surface area contributed by atoms with Gasteiger partial charge in [-0.2, -0.15) is 0 Å². The molecule has 0 spiro atoms. The minimum Gasteiger partial charge on any atom is -0.410 e. The van der Waals surface area contributed by atoms with Gasteiger partial charge in [0.05, 0.1) is 5.52 Å². The summed E-state index contributed by atoms with van der Waals surface area (Å²) in [5.41, 5.74) is 3.24.